The molecule has 0 saturated heterocycles. The lowest BCUT2D eigenvalue weighted by Crippen LogP contribution is -2.42. The van der Waals surface area contributed by atoms with Crippen molar-refractivity contribution in [1.82, 2.24) is 35.6 Å². The van der Waals surface area contributed by atoms with Gasteiger partial charge in [0.05, 0.1) is 5.69 Å². The molecule has 0 atom stereocenters. The number of hydrogen-bond donors (Lipinski definition) is 3. The molecule has 2 aromatic carbocycles. The molecule has 0 aliphatic carbocycles. The highest BCUT2D eigenvalue weighted by Gasteiger charge is 2.20. The predicted octanol–water partition coefficient (Wildman–Crippen LogP) is 1.38. The summed E-state index contributed by atoms with van der Waals surface area (Å²) in [5, 5.41) is 4.31. The molecule has 10 heteroatoms. The Labute approximate surface area is 170 Å². The van der Waals surface area contributed by atoms with Gasteiger partial charge in [-0.15, -0.1) is 5.10 Å². The van der Waals surface area contributed by atoms with Gasteiger partial charge in [0.2, 0.25) is 5.82 Å². The van der Waals surface area contributed by atoms with Gasteiger partial charge in [0.1, 0.15) is 0 Å². The number of anilines is 1. The second kappa shape index (κ2) is 8.19. The van der Waals surface area contributed by atoms with Crippen LogP contribution in [0.15, 0.2) is 73.1 Å². The molecule has 10 nitrogen and oxygen atoms in total. The standard InChI is InChI=1S/C20H16N8O2/c21-16-15(22-11-12-23-16)19(29)25-26-20(30)17-24-18(13-7-3-1-4-8-13)28(27-17)14-9-5-2-6-10-14/h1-12H,(H2,21,23)(H,25,29)(H,26,30). The fourth-order valence-electron chi connectivity index (χ4n) is 2.68. The van der Waals surface area contributed by atoms with Crippen molar-refractivity contribution in [2.75, 3.05) is 5.73 Å². The number of benzene rings is 2. The third-order valence-corrected chi connectivity index (χ3v) is 4.07. The topological polar surface area (TPSA) is 141 Å². The van der Waals surface area contributed by atoms with E-state index in [2.05, 4.69) is 30.9 Å². The van der Waals surface area contributed by atoms with Crippen LogP contribution in [0.4, 0.5) is 5.82 Å². The van der Waals surface area contributed by atoms with Crippen LogP contribution in [0.25, 0.3) is 17.1 Å². The van der Waals surface area contributed by atoms with E-state index in [-0.39, 0.29) is 17.3 Å². The van der Waals surface area contributed by atoms with Crippen molar-refractivity contribution in [3.63, 3.8) is 0 Å². The van der Waals surface area contributed by atoms with Crippen LogP contribution in [0.3, 0.4) is 0 Å². The summed E-state index contributed by atoms with van der Waals surface area (Å²) >= 11 is 0. The molecular weight excluding hydrogens is 384 g/mol. The SMILES string of the molecule is Nc1nccnc1C(=O)NNC(=O)c1nc(-c2ccccc2)n(-c2ccccc2)n1. The van der Waals surface area contributed by atoms with Gasteiger partial charge in [0, 0.05) is 18.0 Å². The fourth-order valence-corrected chi connectivity index (χ4v) is 2.68. The van der Waals surface area contributed by atoms with Gasteiger partial charge in [-0.05, 0) is 12.1 Å². The number of para-hydroxylation sites is 1. The molecule has 4 rings (SSSR count). The third-order valence-electron chi connectivity index (χ3n) is 4.07. The van der Waals surface area contributed by atoms with Crippen LogP contribution in [0.5, 0.6) is 0 Å². The van der Waals surface area contributed by atoms with Gasteiger partial charge in [-0.2, -0.15) is 0 Å². The zero-order valence-corrected chi connectivity index (χ0v) is 15.6. The Bertz CT molecular complexity index is 1130. The Balaban J connectivity index is 1.60. The van der Waals surface area contributed by atoms with E-state index in [1.165, 1.54) is 12.4 Å². The second-order valence-corrected chi connectivity index (χ2v) is 6.07. The molecule has 0 fully saturated rings. The van der Waals surface area contributed by atoms with Crippen LogP contribution < -0.4 is 16.6 Å². The van der Waals surface area contributed by atoms with Gasteiger partial charge < -0.3 is 5.73 Å². The molecule has 30 heavy (non-hydrogen) atoms. The number of hydrogen-bond acceptors (Lipinski definition) is 7. The van der Waals surface area contributed by atoms with Crippen LogP contribution in [0, 0.1) is 0 Å². The van der Waals surface area contributed by atoms with Crippen molar-refractivity contribution in [2.24, 2.45) is 0 Å². The highest BCUT2D eigenvalue weighted by molar-refractivity contribution is 5.99. The average Bonchev–Trinajstić information content (AvgIpc) is 3.24. The largest absolute Gasteiger partial charge is 0.382 e. The van der Waals surface area contributed by atoms with Gasteiger partial charge in [0.25, 0.3) is 5.91 Å². The van der Waals surface area contributed by atoms with E-state index in [0.717, 1.165) is 11.3 Å². The van der Waals surface area contributed by atoms with Crippen molar-refractivity contribution >= 4 is 17.6 Å². The Kier molecular flexibility index (Phi) is 5.12. The Morgan fingerprint density at radius 3 is 2.17 bits per heavy atom. The van der Waals surface area contributed by atoms with Crippen molar-refractivity contribution in [1.29, 1.82) is 0 Å². The minimum absolute atomic E-state index is 0.0536. The van der Waals surface area contributed by atoms with E-state index in [0.29, 0.717) is 5.82 Å². The van der Waals surface area contributed by atoms with Crippen molar-refractivity contribution in [3.05, 3.63) is 84.6 Å². The molecule has 4 aromatic rings. The summed E-state index contributed by atoms with van der Waals surface area (Å²) in [6, 6.07) is 18.6. The molecule has 2 amide bonds. The van der Waals surface area contributed by atoms with E-state index < -0.39 is 11.8 Å². The number of amides is 2. The summed E-state index contributed by atoms with van der Waals surface area (Å²) < 4.78 is 1.56. The number of carbonyl (C=O) groups excluding carboxylic acids is 2. The summed E-state index contributed by atoms with van der Waals surface area (Å²) in [7, 11) is 0. The maximum absolute atomic E-state index is 12.6. The summed E-state index contributed by atoms with van der Waals surface area (Å²) in [6.45, 7) is 0. The molecule has 0 bridgehead atoms. The second-order valence-electron chi connectivity index (χ2n) is 6.07. The van der Waals surface area contributed by atoms with Crippen LogP contribution in [-0.4, -0.2) is 36.5 Å². The van der Waals surface area contributed by atoms with Gasteiger partial charge in [-0.1, -0.05) is 48.5 Å². The van der Waals surface area contributed by atoms with Crippen LogP contribution in [-0.2, 0) is 0 Å². The zero-order chi connectivity index (χ0) is 20.9. The maximum atomic E-state index is 12.6. The molecule has 4 N–H and O–H groups in total. The van der Waals surface area contributed by atoms with Crippen molar-refractivity contribution in [2.45, 2.75) is 0 Å². The maximum Gasteiger partial charge on any atom is 0.309 e. The molecule has 0 radical (unpaired) electrons. The Hall–Kier alpha value is -4.60. The zero-order valence-electron chi connectivity index (χ0n) is 15.6. The molecule has 0 unspecified atom stereocenters. The minimum Gasteiger partial charge on any atom is -0.382 e. The normalized spacial score (nSPS) is 10.4. The first-order valence-electron chi connectivity index (χ1n) is 8.88. The molecule has 0 aliphatic rings. The van der Waals surface area contributed by atoms with Gasteiger partial charge in [-0.3, -0.25) is 20.4 Å². The van der Waals surface area contributed by atoms with Crippen LogP contribution in [0.1, 0.15) is 21.1 Å². The van der Waals surface area contributed by atoms with E-state index in [1.807, 2.05) is 60.7 Å². The number of hydrazine groups is 1. The monoisotopic (exact) mass is 400 g/mol. The molecule has 148 valence electrons. The first-order chi connectivity index (χ1) is 14.6. The van der Waals surface area contributed by atoms with E-state index in [9.17, 15) is 9.59 Å². The summed E-state index contributed by atoms with van der Waals surface area (Å²) in [4.78, 5) is 36.7. The molecule has 0 aliphatic heterocycles. The average molecular weight is 400 g/mol. The summed E-state index contributed by atoms with van der Waals surface area (Å²) in [5.74, 6) is -1.10. The highest BCUT2D eigenvalue weighted by Crippen LogP contribution is 2.20. The minimum atomic E-state index is -0.709. The van der Waals surface area contributed by atoms with E-state index in [1.54, 1.807) is 4.68 Å². The predicted molar refractivity (Wildman–Crippen MR) is 108 cm³/mol. The quantitative estimate of drug-likeness (QED) is 0.440. The number of aromatic nitrogens is 5. The number of rotatable bonds is 4. The summed E-state index contributed by atoms with van der Waals surface area (Å²) in [5.41, 5.74) is 11.5. The molecule has 0 spiro atoms. The molecule has 2 aromatic heterocycles. The van der Waals surface area contributed by atoms with Crippen LogP contribution >= 0.6 is 0 Å². The number of nitrogens with zero attached hydrogens (tertiary/aromatic N) is 5. The van der Waals surface area contributed by atoms with E-state index in [4.69, 9.17) is 5.73 Å². The number of nitrogens with two attached hydrogens (primary N) is 1. The Morgan fingerprint density at radius 1 is 0.833 bits per heavy atom. The van der Waals surface area contributed by atoms with Crippen molar-refractivity contribution < 1.29 is 9.59 Å². The van der Waals surface area contributed by atoms with Gasteiger partial charge in [-0.25, -0.2) is 19.6 Å². The number of nitrogens with one attached hydrogen (secondary N) is 2. The van der Waals surface area contributed by atoms with Gasteiger partial charge >= 0.3 is 5.91 Å². The lowest BCUT2D eigenvalue weighted by molar-refractivity contribution is 0.0838. The smallest absolute Gasteiger partial charge is 0.309 e. The van der Waals surface area contributed by atoms with Crippen molar-refractivity contribution in [3.8, 4) is 17.1 Å². The summed E-state index contributed by atoms with van der Waals surface area (Å²) in [6.07, 6.45) is 2.68. The van der Waals surface area contributed by atoms with Gasteiger partial charge in [0.15, 0.2) is 17.3 Å². The Morgan fingerprint density at radius 2 is 1.47 bits per heavy atom. The van der Waals surface area contributed by atoms with Crippen LogP contribution in [0.2, 0.25) is 0 Å². The number of carbonyl (C=O) groups is 2. The lowest BCUT2D eigenvalue weighted by Gasteiger charge is -2.06. The third kappa shape index (κ3) is 3.83. The number of nitrogen functional groups attached to an aromatic ring is 1. The molecule has 2 heterocycles. The fraction of sp³-hybridized carbons (Fsp3) is 0. The lowest BCUT2D eigenvalue weighted by atomic mass is 10.2. The highest BCUT2D eigenvalue weighted by atomic mass is 16.2. The first-order valence-corrected chi connectivity index (χ1v) is 8.88. The van der Waals surface area contributed by atoms with E-state index >= 15 is 0 Å². The first kappa shape index (κ1) is 18.7. The molecular formula is C20H16N8O2. The molecule has 0 saturated carbocycles.